The molecule has 1 saturated carbocycles. The average Bonchev–Trinajstić information content (AvgIpc) is 3.02. The Kier molecular flexibility index (Phi) is 4.11. The van der Waals surface area contributed by atoms with Crippen LogP contribution >= 0.6 is 0 Å². The maximum atomic E-state index is 13.3. The van der Waals surface area contributed by atoms with Gasteiger partial charge in [0.15, 0.2) is 0 Å². The Hall–Kier alpha value is -2.19. The first-order valence-electron chi connectivity index (χ1n) is 8.77. The minimum absolute atomic E-state index is 0.0644. The van der Waals surface area contributed by atoms with Crippen LogP contribution in [0.5, 0.6) is 0 Å². The summed E-state index contributed by atoms with van der Waals surface area (Å²) in [7, 11) is -3.94. The number of rotatable bonds is 3. The number of nitrogens with zero attached hydrogens (tertiary/aromatic N) is 1. The first-order valence-corrected chi connectivity index (χ1v) is 10.2. The monoisotopic (exact) mass is 376 g/mol. The summed E-state index contributed by atoms with van der Waals surface area (Å²) >= 11 is 0. The Labute approximate surface area is 150 Å². The molecule has 0 bridgehead atoms. The van der Waals surface area contributed by atoms with Gasteiger partial charge < -0.3 is 10.1 Å². The molecule has 26 heavy (non-hydrogen) atoms. The molecule has 4 rings (SSSR count). The second kappa shape index (κ2) is 6.21. The van der Waals surface area contributed by atoms with Gasteiger partial charge in [-0.05, 0) is 54.8 Å². The summed E-state index contributed by atoms with van der Waals surface area (Å²) in [6, 6.07) is 6.12. The quantitative estimate of drug-likeness (QED) is 0.851. The van der Waals surface area contributed by atoms with E-state index in [1.807, 2.05) is 0 Å². The summed E-state index contributed by atoms with van der Waals surface area (Å²) in [5, 5.41) is 10.2. The topological polar surface area (TPSA) is 108 Å². The van der Waals surface area contributed by atoms with Crippen molar-refractivity contribution in [3.8, 4) is 0 Å². The van der Waals surface area contributed by atoms with Gasteiger partial charge in [-0.25, -0.2) is 8.42 Å². The SMILES string of the molecule is O=C(O)C1CC2CCCCC2N1S(=O)(=O)c1ccc2[nH]c(=O)ccc2c1. The maximum Gasteiger partial charge on any atom is 0.322 e. The number of H-pyrrole nitrogens is 1. The van der Waals surface area contributed by atoms with Crippen LogP contribution in [0, 0.1) is 5.92 Å². The molecule has 0 radical (unpaired) electrons. The van der Waals surface area contributed by atoms with E-state index in [-0.39, 0.29) is 22.4 Å². The van der Waals surface area contributed by atoms with Gasteiger partial charge in [0, 0.05) is 17.6 Å². The fourth-order valence-electron chi connectivity index (χ4n) is 4.39. The lowest BCUT2D eigenvalue weighted by Gasteiger charge is -2.32. The van der Waals surface area contributed by atoms with Crippen LogP contribution in [0.3, 0.4) is 0 Å². The Balaban J connectivity index is 1.80. The number of carboxylic acids is 1. The molecule has 8 heteroatoms. The number of hydrogen-bond donors (Lipinski definition) is 2. The van der Waals surface area contributed by atoms with E-state index in [0.29, 0.717) is 23.7 Å². The third-order valence-electron chi connectivity index (χ3n) is 5.58. The summed E-state index contributed by atoms with van der Waals surface area (Å²) in [4.78, 5) is 25.9. The molecule has 2 aliphatic rings. The molecule has 2 fully saturated rings. The average molecular weight is 376 g/mol. The number of sulfonamides is 1. The second-order valence-corrected chi connectivity index (χ2v) is 8.95. The van der Waals surface area contributed by atoms with E-state index < -0.39 is 22.0 Å². The summed E-state index contributed by atoms with van der Waals surface area (Å²) in [5.41, 5.74) is 0.284. The zero-order valence-corrected chi connectivity index (χ0v) is 14.9. The highest BCUT2D eigenvalue weighted by molar-refractivity contribution is 7.89. The minimum Gasteiger partial charge on any atom is -0.480 e. The summed E-state index contributed by atoms with van der Waals surface area (Å²) in [6.45, 7) is 0. The molecule has 2 N–H and O–H groups in total. The number of nitrogens with one attached hydrogen (secondary N) is 1. The number of carboxylic acid groups (broad SMARTS) is 1. The van der Waals surface area contributed by atoms with Gasteiger partial charge in [0.2, 0.25) is 15.6 Å². The van der Waals surface area contributed by atoms with E-state index in [4.69, 9.17) is 0 Å². The highest BCUT2D eigenvalue weighted by atomic mass is 32.2. The Morgan fingerprint density at radius 1 is 1.15 bits per heavy atom. The predicted octanol–water partition coefficient (Wildman–Crippen LogP) is 1.93. The summed E-state index contributed by atoms with van der Waals surface area (Å²) < 4.78 is 27.8. The number of carbonyl (C=O) groups is 1. The van der Waals surface area contributed by atoms with Crippen molar-refractivity contribution in [3.05, 3.63) is 40.7 Å². The Morgan fingerprint density at radius 2 is 1.92 bits per heavy atom. The van der Waals surface area contributed by atoms with E-state index in [9.17, 15) is 23.1 Å². The van der Waals surface area contributed by atoms with Crippen LogP contribution in [0.25, 0.3) is 10.9 Å². The van der Waals surface area contributed by atoms with Gasteiger partial charge in [-0.3, -0.25) is 9.59 Å². The molecular weight excluding hydrogens is 356 g/mol. The van der Waals surface area contributed by atoms with Crippen molar-refractivity contribution >= 4 is 26.9 Å². The first kappa shape index (κ1) is 17.2. The fourth-order valence-corrected chi connectivity index (χ4v) is 6.29. The third kappa shape index (κ3) is 2.73. The van der Waals surface area contributed by atoms with E-state index in [2.05, 4.69) is 4.98 Å². The van der Waals surface area contributed by atoms with Crippen LogP contribution in [0.2, 0.25) is 0 Å². The van der Waals surface area contributed by atoms with Crippen molar-refractivity contribution in [1.82, 2.24) is 9.29 Å². The summed E-state index contributed by atoms with van der Waals surface area (Å²) in [6.07, 6.45) is 3.89. The van der Waals surface area contributed by atoms with E-state index >= 15 is 0 Å². The molecule has 1 aliphatic carbocycles. The van der Waals surface area contributed by atoms with Crippen LogP contribution in [0.1, 0.15) is 32.1 Å². The molecule has 3 unspecified atom stereocenters. The molecule has 1 aromatic heterocycles. The number of aliphatic carboxylic acids is 1. The lowest BCUT2D eigenvalue weighted by Crippen LogP contribution is -2.46. The number of hydrogen-bond acceptors (Lipinski definition) is 4. The number of aromatic amines is 1. The molecule has 1 saturated heterocycles. The smallest absolute Gasteiger partial charge is 0.322 e. The van der Waals surface area contributed by atoms with Crippen molar-refractivity contribution in [2.45, 2.75) is 49.1 Å². The minimum atomic E-state index is -3.94. The lowest BCUT2D eigenvalue weighted by atomic mass is 9.85. The van der Waals surface area contributed by atoms with Gasteiger partial charge in [-0.15, -0.1) is 0 Å². The molecule has 2 aromatic rings. The van der Waals surface area contributed by atoms with Crippen LogP contribution in [-0.4, -0.2) is 40.9 Å². The number of aromatic nitrogens is 1. The van der Waals surface area contributed by atoms with E-state index in [1.54, 1.807) is 12.1 Å². The van der Waals surface area contributed by atoms with Gasteiger partial charge in [0.1, 0.15) is 6.04 Å². The molecule has 138 valence electrons. The number of pyridine rings is 1. The van der Waals surface area contributed by atoms with Gasteiger partial charge in [0.25, 0.3) is 0 Å². The van der Waals surface area contributed by atoms with Gasteiger partial charge >= 0.3 is 5.97 Å². The summed E-state index contributed by atoms with van der Waals surface area (Å²) in [5.74, 6) is -0.982. The molecule has 2 heterocycles. The zero-order valence-electron chi connectivity index (χ0n) is 14.1. The normalized spacial score (nSPS) is 26.7. The lowest BCUT2D eigenvalue weighted by molar-refractivity contribution is -0.141. The van der Waals surface area contributed by atoms with Crippen molar-refractivity contribution in [2.75, 3.05) is 0 Å². The largest absolute Gasteiger partial charge is 0.480 e. The van der Waals surface area contributed by atoms with Crippen molar-refractivity contribution < 1.29 is 18.3 Å². The highest BCUT2D eigenvalue weighted by Gasteiger charge is 2.51. The first-order chi connectivity index (χ1) is 12.4. The van der Waals surface area contributed by atoms with Crippen LogP contribution < -0.4 is 5.56 Å². The maximum absolute atomic E-state index is 13.3. The Bertz CT molecular complexity index is 1030. The molecule has 1 aromatic carbocycles. The second-order valence-electron chi connectivity index (χ2n) is 7.11. The number of benzene rings is 1. The number of fused-ring (bicyclic) bond motifs is 2. The fraction of sp³-hybridized carbons (Fsp3) is 0.444. The van der Waals surface area contributed by atoms with Gasteiger partial charge in [0.05, 0.1) is 4.90 Å². The Morgan fingerprint density at radius 3 is 2.69 bits per heavy atom. The zero-order chi connectivity index (χ0) is 18.5. The van der Waals surface area contributed by atoms with Gasteiger partial charge in [-0.2, -0.15) is 4.31 Å². The molecule has 0 spiro atoms. The molecule has 0 amide bonds. The third-order valence-corrected chi connectivity index (χ3v) is 7.51. The van der Waals surface area contributed by atoms with Gasteiger partial charge in [-0.1, -0.05) is 12.8 Å². The highest BCUT2D eigenvalue weighted by Crippen LogP contribution is 2.42. The van der Waals surface area contributed by atoms with Crippen molar-refractivity contribution in [2.24, 2.45) is 5.92 Å². The predicted molar refractivity (Wildman–Crippen MR) is 95.4 cm³/mol. The van der Waals surface area contributed by atoms with E-state index in [0.717, 1.165) is 19.3 Å². The molecule has 7 nitrogen and oxygen atoms in total. The standard InChI is InChI=1S/C18H20N2O5S/c21-17-8-5-11-9-13(6-7-14(11)19-17)26(24,25)20-15-4-2-1-3-12(15)10-16(20)18(22)23/h5-9,12,15-16H,1-4,10H2,(H,19,21)(H,22,23). The van der Waals surface area contributed by atoms with Crippen molar-refractivity contribution in [1.29, 1.82) is 0 Å². The molecular formula is C18H20N2O5S. The van der Waals surface area contributed by atoms with Crippen LogP contribution in [-0.2, 0) is 14.8 Å². The van der Waals surface area contributed by atoms with Crippen molar-refractivity contribution in [3.63, 3.8) is 0 Å². The van der Waals surface area contributed by atoms with E-state index in [1.165, 1.54) is 22.5 Å². The van der Waals surface area contributed by atoms with Crippen LogP contribution in [0.15, 0.2) is 40.0 Å². The molecule has 3 atom stereocenters. The van der Waals surface area contributed by atoms with Crippen LogP contribution in [0.4, 0.5) is 0 Å². The molecule has 1 aliphatic heterocycles.